The standard InChI is InChI=1S/C23H28FN5O3/c1-23(2,24)10-11-25-22(30)29-17-6-4-16(5-7-17)28-21-19-9-8-18(32-13-12-31-3)14-20(19)26-15-27-21/h4-9,14-15H,10-13H2,1-3H3,(H2,25,29,30)(H,26,27,28). The zero-order chi connectivity index (χ0) is 23.0. The van der Waals surface area contributed by atoms with Crippen LogP contribution in [0.4, 0.5) is 26.4 Å². The van der Waals surface area contributed by atoms with Gasteiger partial charge in [0.15, 0.2) is 0 Å². The highest BCUT2D eigenvalue weighted by Crippen LogP contribution is 2.26. The summed E-state index contributed by atoms with van der Waals surface area (Å²) in [6.07, 6.45) is 1.74. The summed E-state index contributed by atoms with van der Waals surface area (Å²) in [7, 11) is 1.63. The molecule has 0 atom stereocenters. The lowest BCUT2D eigenvalue weighted by Crippen LogP contribution is -2.32. The second-order valence-corrected chi connectivity index (χ2v) is 7.79. The van der Waals surface area contributed by atoms with Crippen LogP contribution in [0.25, 0.3) is 10.9 Å². The van der Waals surface area contributed by atoms with Crippen LogP contribution < -0.4 is 20.7 Å². The van der Waals surface area contributed by atoms with E-state index in [1.807, 2.05) is 30.3 Å². The third kappa shape index (κ3) is 7.05. The molecule has 0 spiro atoms. The number of nitrogens with zero attached hydrogens (tertiary/aromatic N) is 2. The number of carbonyl (C=O) groups is 1. The summed E-state index contributed by atoms with van der Waals surface area (Å²) in [5.41, 5.74) is 0.863. The fraction of sp³-hybridized carbons (Fsp3) is 0.348. The lowest BCUT2D eigenvalue weighted by molar-refractivity contribution is 0.146. The summed E-state index contributed by atoms with van der Waals surface area (Å²) in [5, 5.41) is 9.49. The zero-order valence-electron chi connectivity index (χ0n) is 18.4. The van der Waals surface area contributed by atoms with Gasteiger partial charge in [-0.2, -0.15) is 0 Å². The lowest BCUT2D eigenvalue weighted by atomic mass is 10.1. The second kappa shape index (κ2) is 10.7. The van der Waals surface area contributed by atoms with E-state index < -0.39 is 5.67 Å². The quantitative estimate of drug-likeness (QED) is 0.396. The Bertz CT molecular complexity index is 1040. The van der Waals surface area contributed by atoms with Crippen LogP contribution in [-0.4, -0.2) is 48.5 Å². The molecule has 0 fully saturated rings. The third-order valence-corrected chi connectivity index (χ3v) is 4.57. The maximum absolute atomic E-state index is 13.5. The molecule has 0 saturated heterocycles. The molecule has 0 aliphatic carbocycles. The number of benzene rings is 2. The van der Waals surface area contributed by atoms with Gasteiger partial charge in [0, 0.05) is 36.5 Å². The number of anilines is 3. The van der Waals surface area contributed by atoms with Crippen LogP contribution in [0.2, 0.25) is 0 Å². The average molecular weight is 442 g/mol. The van der Waals surface area contributed by atoms with Crippen LogP contribution in [0.3, 0.4) is 0 Å². The van der Waals surface area contributed by atoms with E-state index in [0.717, 1.165) is 16.6 Å². The first-order valence-electron chi connectivity index (χ1n) is 10.3. The molecule has 1 heterocycles. The molecule has 0 saturated carbocycles. The molecule has 0 aliphatic heterocycles. The number of fused-ring (bicyclic) bond motifs is 1. The van der Waals surface area contributed by atoms with E-state index in [9.17, 15) is 9.18 Å². The Labute approximate surface area is 186 Å². The Morgan fingerprint density at radius 2 is 1.81 bits per heavy atom. The third-order valence-electron chi connectivity index (χ3n) is 4.57. The minimum Gasteiger partial charge on any atom is -0.491 e. The predicted molar refractivity (Wildman–Crippen MR) is 123 cm³/mol. The van der Waals surface area contributed by atoms with Gasteiger partial charge in [0.25, 0.3) is 0 Å². The molecule has 0 aliphatic rings. The highest BCUT2D eigenvalue weighted by Gasteiger charge is 2.15. The number of amides is 2. The number of halogens is 1. The molecule has 0 radical (unpaired) electrons. The Morgan fingerprint density at radius 3 is 2.53 bits per heavy atom. The van der Waals surface area contributed by atoms with E-state index >= 15 is 0 Å². The van der Waals surface area contributed by atoms with Crippen molar-refractivity contribution in [2.45, 2.75) is 25.9 Å². The molecule has 2 aromatic carbocycles. The molecule has 3 rings (SSSR count). The van der Waals surface area contributed by atoms with Gasteiger partial charge in [-0.05, 0) is 56.7 Å². The van der Waals surface area contributed by atoms with Crippen LogP contribution in [-0.2, 0) is 4.74 Å². The molecule has 32 heavy (non-hydrogen) atoms. The van der Waals surface area contributed by atoms with Crippen LogP contribution in [0.5, 0.6) is 5.75 Å². The number of alkyl halides is 1. The molecular formula is C23H28FN5O3. The number of aromatic nitrogens is 2. The second-order valence-electron chi connectivity index (χ2n) is 7.79. The number of hydrogen-bond acceptors (Lipinski definition) is 6. The van der Waals surface area contributed by atoms with Gasteiger partial charge in [0.05, 0.1) is 12.1 Å². The number of rotatable bonds is 10. The van der Waals surface area contributed by atoms with Crippen molar-refractivity contribution < 1.29 is 18.7 Å². The summed E-state index contributed by atoms with van der Waals surface area (Å²) in [6, 6.07) is 12.4. The topological polar surface area (TPSA) is 97.4 Å². The SMILES string of the molecule is COCCOc1ccc2c(Nc3ccc(NC(=O)NCCC(C)(C)F)cc3)ncnc2c1. The minimum absolute atomic E-state index is 0.247. The van der Waals surface area contributed by atoms with Crippen molar-refractivity contribution in [3.63, 3.8) is 0 Å². The van der Waals surface area contributed by atoms with Crippen LogP contribution in [0.15, 0.2) is 48.8 Å². The molecule has 2 amide bonds. The maximum atomic E-state index is 13.5. The summed E-state index contributed by atoms with van der Waals surface area (Å²) in [6.45, 7) is 4.19. The van der Waals surface area contributed by atoms with E-state index in [2.05, 4.69) is 25.9 Å². The van der Waals surface area contributed by atoms with Crippen molar-refractivity contribution in [3.05, 3.63) is 48.8 Å². The predicted octanol–water partition coefficient (Wildman–Crippen LogP) is 4.66. The Kier molecular flexibility index (Phi) is 7.77. The smallest absolute Gasteiger partial charge is 0.319 e. The Balaban J connectivity index is 1.60. The van der Waals surface area contributed by atoms with Gasteiger partial charge >= 0.3 is 6.03 Å². The van der Waals surface area contributed by atoms with Crippen molar-refractivity contribution in [1.82, 2.24) is 15.3 Å². The van der Waals surface area contributed by atoms with Gasteiger partial charge in [0.2, 0.25) is 0 Å². The number of methoxy groups -OCH3 is 1. The molecule has 8 nitrogen and oxygen atoms in total. The summed E-state index contributed by atoms with van der Waals surface area (Å²) < 4.78 is 24.1. The van der Waals surface area contributed by atoms with Crippen LogP contribution >= 0.6 is 0 Å². The van der Waals surface area contributed by atoms with E-state index in [0.29, 0.717) is 30.5 Å². The lowest BCUT2D eigenvalue weighted by Gasteiger charge is -2.14. The average Bonchev–Trinajstić information content (AvgIpc) is 2.74. The molecular weight excluding hydrogens is 413 g/mol. The molecule has 1 aromatic heterocycles. The summed E-state index contributed by atoms with van der Waals surface area (Å²) >= 11 is 0. The first-order chi connectivity index (χ1) is 15.3. The molecule has 0 bridgehead atoms. The normalized spacial score (nSPS) is 11.2. The number of nitrogens with one attached hydrogen (secondary N) is 3. The maximum Gasteiger partial charge on any atom is 0.319 e. The minimum atomic E-state index is -1.32. The van der Waals surface area contributed by atoms with Crippen LogP contribution in [0, 0.1) is 0 Å². The van der Waals surface area contributed by atoms with E-state index in [1.54, 1.807) is 19.2 Å². The van der Waals surface area contributed by atoms with Gasteiger partial charge in [-0.3, -0.25) is 0 Å². The van der Waals surface area contributed by atoms with Crippen LogP contribution in [0.1, 0.15) is 20.3 Å². The Morgan fingerprint density at radius 1 is 1.06 bits per heavy atom. The first kappa shape index (κ1) is 23.2. The van der Waals surface area contributed by atoms with Gasteiger partial charge in [0.1, 0.15) is 30.2 Å². The zero-order valence-corrected chi connectivity index (χ0v) is 18.4. The first-order valence-corrected chi connectivity index (χ1v) is 10.3. The van der Waals surface area contributed by atoms with Crippen molar-refractivity contribution in [2.24, 2.45) is 0 Å². The number of carbonyl (C=O) groups excluding carboxylic acids is 1. The molecule has 3 N–H and O–H groups in total. The molecule has 9 heteroatoms. The Hall–Kier alpha value is -3.46. The van der Waals surface area contributed by atoms with Crippen molar-refractivity contribution in [2.75, 3.05) is 37.5 Å². The monoisotopic (exact) mass is 441 g/mol. The van der Waals surface area contributed by atoms with Gasteiger partial charge in [-0.25, -0.2) is 19.2 Å². The van der Waals surface area contributed by atoms with E-state index in [4.69, 9.17) is 9.47 Å². The molecule has 3 aromatic rings. The number of urea groups is 1. The molecule has 170 valence electrons. The van der Waals surface area contributed by atoms with Gasteiger partial charge < -0.3 is 25.4 Å². The number of ether oxygens (including phenoxy) is 2. The highest BCUT2D eigenvalue weighted by molar-refractivity contribution is 5.92. The fourth-order valence-electron chi connectivity index (χ4n) is 2.89. The van der Waals surface area contributed by atoms with Gasteiger partial charge in [-0.1, -0.05) is 0 Å². The number of hydrogen-bond donors (Lipinski definition) is 3. The van der Waals surface area contributed by atoms with Gasteiger partial charge in [-0.15, -0.1) is 0 Å². The van der Waals surface area contributed by atoms with E-state index in [-0.39, 0.29) is 19.0 Å². The van der Waals surface area contributed by atoms with Crippen molar-refractivity contribution >= 4 is 34.1 Å². The van der Waals surface area contributed by atoms with Crippen molar-refractivity contribution in [3.8, 4) is 5.75 Å². The van der Waals surface area contributed by atoms with E-state index in [1.165, 1.54) is 20.2 Å². The fourth-order valence-corrected chi connectivity index (χ4v) is 2.89. The highest BCUT2D eigenvalue weighted by atomic mass is 19.1. The molecule has 0 unspecified atom stereocenters. The van der Waals surface area contributed by atoms with Crippen molar-refractivity contribution in [1.29, 1.82) is 0 Å². The largest absolute Gasteiger partial charge is 0.491 e. The summed E-state index contributed by atoms with van der Waals surface area (Å²) in [4.78, 5) is 20.6. The summed E-state index contributed by atoms with van der Waals surface area (Å²) in [5.74, 6) is 1.37.